The van der Waals surface area contributed by atoms with Crippen LogP contribution in [0.25, 0.3) is 5.69 Å². The molecule has 1 aliphatic carbocycles. The van der Waals surface area contributed by atoms with E-state index in [0.717, 1.165) is 36.3 Å². The van der Waals surface area contributed by atoms with E-state index in [0.29, 0.717) is 18.0 Å². The maximum atomic E-state index is 12.4. The van der Waals surface area contributed by atoms with E-state index in [9.17, 15) is 4.79 Å². The lowest BCUT2D eigenvalue weighted by Gasteiger charge is -2.19. The minimum absolute atomic E-state index is 0. The highest BCUT2D eigenvalue weighted by atomic mass is 35.5. The number of nitrogens with two attached hydrogens (primary N) is 1. The first-order valence-corrected chi connectivity index (χ1v) is 8.23. The molecule has 1 fully saturated rings. The number of halogens is 1. The third-order valence-corrected chi connectivity index (χ3v) is 4.66. The molecule has 0 spiro atoms. The van der Waals surface area contributed by atoms with Gasteiger partial charge < -0.3 is 11.1 Å². The monoisotopic (exact) mass is 348 g/mol. The first kappa shape index (κ1) is 18.5. The van der Waals surface area contributed by atoms with Crippen molar-refractivity contribution < 1.29 is 4.79 Å². The molecular formula is C18H25ClN4O. The Morgan fingerprint density at radius 1 is 1.29 bits per heavy atom. The van der Waals surface area contributed by atoms with E-state index in [1.54, 1.807) is 0 Å². The zero-order chi connectivity index (χ0) is 16.4. The molecule has 130 valence electrons. The minimum Gasteiger partial charge on any atom is -0.349 e. The molecule has 1 aromatic heterocycles. The summed E-state index contributed by atoms with van der Waals surface area (Å²) in [6.45, 7) is 4.64. The van der Waals surface area contributed by atoms with Crippen LogP contribution in [-0.2, 0) is 0 Å². The third kappa shape index (κ3) is 3.79. The van der Waals surface area contributed by atoms with E-state index in [-0.39, 0.29) is 24.4 Å². The fraction of sp³-hybridized carbons (Fsp3) is 0.444. The average Bonchev–Trinajstić information content (AvgIpc) is 3.13. The van der Waals surface area contributed by atoms with E-state index in [4.69, 9.17) is 5.73 Å². The maximum absolute atomic E-state index is 12.4. The van der Waals surface area contributed by atoms with Crippen molar-refractivity contribution in [2.75, 3.05) is 6.54 Å². The summed E-state index contributed by atoms with van der Waals surface area (Å²) in [5.41, 5.74) is 9.49. The van der Waals surface area contributed by atoms with Crippen LogP contribution < -0.4 is 11.1 Å². The number of benzene rings is 1. The third-order valence-electron chi connectivity index (χ3n) is 4.66. The molecule has 5 nitrogen and oxygen atoms in total. The van der Waals surface area contributed by atoms with Crippen LogP contribution in [0.2, 0.25) is 0 Å². The number of amides is 1. The summed E-state index contributed by atoms with van der Waals surface area (Å²) in [5.74, 6) is 0.392. The highest BCUT2D eigenvalue weighted by Crippen LogP contribution is 2.25. The fourth-order valence-corrected chi connectivity index (χ4v) is 3.40. The summed E-state index contributed by atoms with van der Waals surface area (Å²) < 4.78 is 1.89. The maximum Gasteiger partial charge on any atom is 0.251 e. The van der Waals surface area contributed by atoms with Crippen LogP contribution in [0.4, 0.5) is 0 Å². The Morgan fingerprint density at radius 2 is 2.00 bits per heavy atom. The van der Waals surface area contributed by atoms with Gasteiger partial charge in [-0.1, -0.05) is 6.42 Å². The van der Waals surface area contributed by atoms with Gasteiger partial charge in [-0.2, -0.15) is 5.10 Å². The molecule has 0 bridgehead atoms. The lowest BCUT2D eigenvalue weighted by molar-refractivity contribution is 0.0929. The van der Waals surface area contributed by atoms with Crippen molar-refractivity contribution in [3.63, 3.8) is 0 Å². The van der Waals surface area contributed by atoms with E-state index in [1.165, 1.54) is 0 Å². The Morgan fingerprint density at radius 3 is 2.58 bits per heavy atom. The zero-order valence-electron chi connectivity index (χ0n) is 14.2. The van der Waals surface area contributed by atoms with Gasteiger partial charge in [-0.15, -0.1) is 12.4 Å². The van der Waals surface area contributed by atoms with Crippen molar-refractivity contribution in [1.29, 1.82) is 0 Å². The van der Waals surface area contributed by atoms with Gasteiger partial charge in [-0.25, -0.2) is 4.68 Å². The number of carbonyl (C=O) groups excluding carboxylic acids is 1. The second-order valence-electron chi connectivity index (χ2n) is 6.39. The van der Waals surface area contributed by atoms with Gasteiger partial charge in [0.1, 0.15) is 0 Å². The fourth-order valence-electron chi connectivity index (χ4n) is 3.40. The van der Waals surface area contributed by atoms with Crippen molar-refractivity contribution in [3.05, 3.63) is 47.3 Å². The van der Waals surface area contributed by atoms with Gasteiger partial charge in [-0.05, 0) is 69.5 Å². The van der Waals surface area contributed by atoms with Crippen molar-refractivity contribution in [1.82, 2.24) is 15.1 Å². The van der Waals surface area contributed by atoms with Gasteiger partial charge in [0.2, 0.25) is 0 Å². The van der Waals surface area contributed by atoms with Gasteiger partial charge in [-0.3, -0.25) is 4.79 Å². The number of hydrogen-bond acceptors (Lipinski definition) is 3. The van der Waals surface area contributed by atoms with Crippen LogP contribution in [0.5, 0.6) is 0 Å². The zero-order valence-corrected chi connectivity index (χ0v) is 15.0. The molecule has 24 heavy (non-hydrogen) atoms. The standard InChI is InChI=1S/C18H24N4O.ClH/c1-12-10-13(2)22(21-12)16-8-6-14(7-9-16)18(23)20-17-5-3-4-15(17)11-19;/h6-10,15,17H,3-5,11,19H2,1-2H3,(H,20,23);1H. The lowest BCUT2D eigenvalue weighted by atomic mass is 10.0. The van der Waals surface area contributed by atoms with Gasteiger partial charge in [0.05, 0.1) is 11.4 Å². The summed E-state index contributed by atoms with van der Waals surface area (Å²) in [6.07, 6.45) is 3.28. The van der Waals surface area contributed by atoms with Crippen molar-refractivity contribution in [2.45, 2.75) is 39.2 Å². The van der Waals surface area contributed by atoms with Crippen molar-refractivity contribution in [2.24, 2.45) is 11.7 Å². The first-order valence-electron chi connectivity index (χ1n) is 8.23. The van der Waals surface area contributed by atoms with Crippen LogP contribution in [0, 0.1) is 19.8 Å². The molecule has 2 atom stereocenters. The van der Waals surface area contributed by atoms with Crippen LogP contribution in [0.1, 0.15) is 41.0 Å². The van der Waals surface area contributed by atoms with Gasteiger partial charge in [0.15, 0.2) is 0 Å². The molecule has 1 aliphatic rings. The second-order valence-corrected chi connectivity index (χ2v) is 6.39. The molecule has 2 unspecified atom stereocenters. The molecular weight excluding hydrogens is 324 g/mol. The first-order chi connectivity index (χ1) is 11.1. The Kier molecular flexibility index (Phi) is 6.02. The predicted molar refractivity (Wildman–Crippen MR) is 97.9 cm³/mol. The number of hydrogen-bond donors (Lipinski definition) is 2. The number of aromatic nitrogens is 2. The molecule has 6 heteroatoms. The highest BCUT2D eigenvalue weighted by Gasteiger charge is 2.27. The van der Waals surface area contributed by atoms with Crippen LogP contribution in [-0.4, -0.2) is 28.3 Å². The van der Waals surface area contributed by atoms with E-state index in [1.807, 2.05) is 48.9 Å². The molecule has 1 saturated carbocycles. The normalized spacial score (nSPS) is 19.8. The lowest BCUT2D eigenvalue weighted by Crippen LogP contribution is -2.39. The van der Waals surface area contributed by atoms with E-state index >= 15 is 0 Å². The van der Waals surface area contributed by atoms with Crippen molar-refractivity contribution in [3.8, 4) is 5.69 Å². The van der Waals surface area contributed by atoms with Gasteiger partial charge in [0, 0.05) is 17.3 Å². The van der Waals surface area contributed by atoms with E-state index in [2.05, 4.69) is 10.4 Å². The Bertz CT molecular complexity index is 696. The largest absolute Gasteiger partial charge is 0.349 e. The average molecular weight is 349 g/mol. The summed E-state index contributed by atoms with van der Waals surface area (Å²) in [7, 11) is 0. The molecule has 0 saturated heterocycles. The molecule has 1 amide bonds. The molecule has 2 aromatic rings. The quantitative estimate of drug-likeness (QED) is 0.892. The van der Waals surface area contributed by atoms with Crippen LogP contribution >= 0.6 is 12.4 Å². The summed E-state index contributed by atoms with van der Waals surface area (Å²) >= 11 is 0. The molecule has 0 aliphatic heterocycles. The second kappa shape index (κ2) is 7.81. The molecule has 1 aromatic carbocycles. The van der Waals surface area contributed by atoms with Gasteiger partial charge >= 0.3 is 0 Å². The number of aryl methyl sites for hydroxylation is 2. The SMILES string of the molecule is Cc1cc(C)n(-c2ccc(C(=O)NC3CCCC3CN)cc2)n1.Cl. The summed E-state index contributed by atoms with van der Waals surface area (Å²) in [5, 5.41) is 7.59. The highest BCUT2D eigenvalue weighted by molar-refractivity contribution is 5.94. The van der Waals surface area contributed by atoms with Crippen LogP contribution in [0.15, 0.2) is 30.3 Å². The topological polar surface area (TPSA) is 72.9 Å². The molecule has 3 N–H and O–H groups in total. The number of carbonyl (C=O) groups is 1. The Labute approximate surface area is 149 Å². The molecule has 3 rings (SSSR count). The smallest absolute Gasteiger partial charge is 0.251 e. The number of nitrogens with one attached hydrogen (secondary N) is 1. The van der Waals surface area contributed by atoms with Crippen LogP contribution in [0.3, 0.4) is 0 Å². The summed E-state index contributed by atoms with van der Waals surface area (Å²) in [4.78, 5) is 12.4. The minimum atomic E-state index is -0.0183. The van der Waals surface area contributed by atoms with E-state index < -0.39 is 0 Å². The number of nitrogens with zero attached hydrogens (tertiary/aromatic N) is 2. The predicted octanol–water partition coefficient (Wildman–Crippen LogP) is 2.77. The van der Waals surface area contributed by atoms with Crippen molar-refractivity contribution >= 4 is 18.3 Å². The summed E-state index contributed by atoms with van der Waals surface area (Å²) in [6, 6.07) is 9.82. The van der Waals surface area contributed by atoms with Gasteiger partial charge in [0.25, 0.3) is 5.91 Å². The Hall–Kier alpha value is -1.85. The Balaban J connectivity index is 0.00000208. The molecule has 1 heterocycles. The molecule has 0 radical (unpaired) electrons. The number of rotatable bonds is 4.